The zero-order chi connectivity index (χ0) is 15.2. The van der Waals surface area contributed by atoms with E-state index in [1.54, 1.807) is 12.1 Å². The lowest BCUT2D eigenvalue weighted by molar-refractivity contribution is 0.271. The van der Waals surface area contributed by atoms with Crippen LogP contribution in [0.4, 0.5) is 5.69 Å². The molecule has 0 amide bonds. The number of ether oxygens (including phenoxy) is 1. The molecule has 0 saturated heterocycles. The van der Waals surface area contributed by atoms with Crippen molar-refractivity contribution in [2.24, 2.45) is 5.92 Å². The highest BCUT2D eigenvalue weighted by Crippen LogP contribution is 2.24. The summed E-state index contributed by atoms with van der Waals surface area (Å²) < 4.78 is 5.74. The Morgan fingerprint density at radius 2 is 1.76 bits per heavy atom. The normalized spacial score (nSPS) is 12.2. The second-order valence-corrected chi connectivity index (χ2v) is 5.69. The first-order chi connectivity index (χ1) is 10.0. The zero-order valence-electron chi connectivity index (χ0n) is 12.8. The van der Waals surface area contributed by atoms with Crippen molar-refractivity contribution in [3.63, 3.8) is 0 Å². The van der Waals surface area contributed by atoms with Gasteiger partial charge in [-0.15, -0.1) is 0 Å². The van der Waals surface area contributed by atoms with Crippen LogP contribution in [0.25, 0.3) is 0 Å². The molecule has 0 radical (unpaired) electrons. The summed E-state index contributed by atoms with van der Waals surface area (Å²) in [6, 6.07) is 15.4. The summed E-state index contributed by atoms with van der Waals surface area (Å²) in [7, 11) is 0. The van der Waals surface area contributed by atoms with Crippen LogP contribution in [-0.4, -0.2) is 11.7 Å². The Morgan fingerprint density at radius 1 is 1.05 bits per heavy atom. The number of hydrogen-bond donors (Lipinski definition) is 2. The number of nitrogens with one attached hydrogen (secondary N) is 1. The first-order valence-corrected chi connectivity index (χ1v) is 7.33. The number of anilines is 1. The third kappa shape index (κ3) is 4.71. The van der Waals surface area contributed by atoms with Crippen molar-refractivity contribution in [3.05, 3.63) is 54.1 Å². The standard InChI is InChI=1S/C18H23NO2/c1-13(2)12-21-18-6-4-5-16(11-18)19-14(3)15-7-9-17(20)10-8-15/h4-11,13-14,19-20H,12H2,1-3H3. The van der Waals surface area contributed by atoms with E-state index >= 15 is 0 Å². The van der Waals surface area contributed by atoms with Gasteiger partial charge in [0.1, 0.15) is 11.5 Å². The second-order valence-electron chi connectivity index (χ2n) is 5.69. The SMILES string of the molecule is CC(C)COc1cccc(NC(C)c2ccc(O)cc2)c1. The minimum atomic E-state index is 0.158. The molecule has 112 valence electrons. The Hall–Kier alpha value is -2.16. The van der Waals surface area contributed by atoms with Gasteiger partial charge in [0.05, 0.1) is 6.61 Å². The van der Waals surface area contributed by atoms with Crippen molar-refractivity contribution in [1.29, 1.82) is 0 Å². The molecule has 0 bridgehead atoms. The lowest BCUT2D eigenvalue weighted by atomic mass is 10.1. The van der Waals surface area contributed by atoms with E-state index in [1.807, 2.05) is 36.4 Å². The third-order valence-electron chi connectivity index (χ3n) is 3.19. The zero-order valence-corrected chi connectivity index (χ0v) is 12.8. The second kappa shape index (κ2) is 7.02. The molecular formula is C18H23NO2. The van der Waals surface area contributed by atoms with E-state index in [0.717, 1.165) is 23.6 Å². The molecule has 0 spiro atoms. The number of aromatic hydroxyl groups is 1. The van der Waals surface area contributed by atoms with Gasteiger partial charge in [0, 0.05) is 17.8 Å². The van der Waals surface area contributed by atoms with Crippen LogP contribution in [0.3, 0.4) is 0 Å². The van der Waals surface area contributed by atoms with Crippen LogP contribution < -0.4 is 10.1 Å². The molecule has 2 rings (SSSR count). The van der Waals surface area contributed by atoms with E-state index in [-0.39, 0.29) is 11.8 Å². The molecule has 2 N–H and O–H groups in total. The summed E-state index contributed by atoms with van der Waals surface area (Å²) in [6.45, 7) is 7.08. The molecule has 2 aromatic rings. The number of rotatable bonds is 6. The first kappa shape index (κ1) is 15.2. The molecule has 0 aliphatic carbocycles. The Morgan fingerprint density at radius 3 is 2.43 bits per heavy atom. The van der Waals surface area contributed by atoms with Gasteiger partial charge in [-0.05, 0) is 42.7 Å². The van der Waals surface area contributed by atoms with Crippen LogP contribution in [0.2, 0.25) is 0 Å². The topological polar surface area (TPSA) is 41.5 Å². The molecule has 0 aliphatic heterocycles. The minimum Gasteiger partial charge on any atom is -0.508 e. The molecule has 1 unspecified atom stereocenters. The van der Waals surface area contributed by atoms with E-state index in [0.29, 0.717) is 5.92 Å². The van der Waals surface area contributed by atoms with Crippen molar-refractivity contribution < 1.29 is 9.84 Å². The van der Waals surface area contributed by atoms with Crippen LogP contribution in [-0.2, 0) is 0 Å². The van der Waals surface area contributed by atoms with E-state index in [9.17, 15) is 5.11 Å². The van der Waals surface area contributed by atoms with E-state index in [1.165, 1.54) is 0 Å². The highest BCUT2D eigenvalue weighted by Gasteiger charge is 2.06. The summed E-state index contributed by atoms with van der Waals surface area (Å²) in [6.07, 6.45) is 0. The molecular weight excluding hydrogens is 262 g/mol. The third-order valence-corrected chi connectivity index (χ3v) is 3.19. The van der Waals surface area contributed by atoms with Crippen molar-refractivity contribution >= 4 is 5.69 Å². The number of benzene rings is 2. The maximum atomic E-state index is 9.33. The van der Waals surface area contributed by atoms with Gasteiger partial charge in [0.2, 0.25) is 0 Å². The summed E-state index contributed by atoms with van der Waals surface area (Å²) >= 11 is 0. The molecule has 21 heavy (non-hydrogen) atoms. The van der Waals surface area contributed by atoms with Crippen LogP contribution in [0.15, 0.2) is 48.5 Å². The van der Waals surface area contributed by atoms with Gasteiger partial charge in [-0.2, -0.15) is 0 Å². The fourth-order valence-electron chi connectivity index (χ4n) is 2.03. The average molecular weight is 285 g/mol. The largest absolute Gasteiger partial charge is 0.508 e. The number of phenolic OH excluding ortho intramolecular Hbond substituents is 1. The van der Waals surface area contributed by atoms with Crippen LogP contribution in [0, 0.1) is 5.92 Å². The summed E-state index contributed by atoms with van der Waals surface area (Å²) in [5.74, 6) is 1.68. The average Bonchev–Trinajstić information content (AvgIpc) is 2.46. The Balaban J connectivity index is 2.01. The van der Waals surface area contributed by atoms with E-state index < -0.39 is 0 Å². The molecule has 0 heterocycles. The van der Waals surface area contributed by atoms with Crippen molar-refractivity contribution in [2.75, 3.05) is 11.9 Å². The van der Waals surface area contributed by atoms with Crippen LogP contribution in [0.1, 0.15) is 32.4 Å². The lowest BCUT2D eigenvalue weighted by Gasteiger charge is -2.17. The predicted molar refractivity (Wildman–Crippen MR) is 86.9 cm³/mol. The Labute approximate surface area is 126 Å². The monoisotopic (exact) mass is 285 g/mol. The van der Waals surface area contributed by atoms with Gasteiger partial charge in [-0.25, -0.2) is 0 Å². The van der Waals surface area contributed by atoms with Crippen LogP contribution in [0.5, 0.6) is 11.5 Å². The van der Waals surface area contributed by atoms with Gasteiger partial charge in [-0.3, -0.25) is 0 Å². The summed E-state index contributed by atoms with van der Waals surface area (Å²) in [4.78, 5) is 0. The van der Waals surface area contributed by atoms with Gasteiger partial charge in [0.15, 0.2) is 0 Å². The minimum absolute atomic E-state index is 0.158. The van der Waals surface area contributed by atoms with Crippen molar-refractivity contribution in [1.82, 2.24) is 0 Å². The van der Waals surface area contributed by atoms with Gasteiger partial charge in [-0.1, -0.05) is 32.0 Å². The van der Waals surface area contributed by atoms with Gasteiger partial charge >= 0.3 is 0 Å². The summed E-state index contributed by atoms with van der Waals surface area (Å²) in [5.41, 5.74) is 2.15. The van der Waals surface area contributed by atoms with Gasteiger partial charge < -0.3 is 15.2 Å². The van der Waals surface area contributed by atoms with Gasteiger partial charge in [0.25, 0.3) is 0 Å². The smallest absolute Gasteiger partial charge is 0.121 e. The van der Waals surface area contributed by atoms with Crippen LogP contribution >= 0.6 is 0 Å². The maximum absolute atomic E-state index is 9.33. The summed E-state index contributed by atoms with van der Waals surface area (Å²) in [5, 5.41) is 12.8. The number of phenols is 1. The van der Waals surface area contributed by atoms with Crippen molar-refractivity contribution in [3.8, 4) is 11.5 Å². The molecule has 3 nitrogen and oxygen atoms in total. The first-order valence-electron chi connectivity index (χ1n) is 7.33. The molecule has 0 saturated carbocycles. The molecule has 0 aliphatic rings. The Kier molecular flexibility index (Phi) is 5.09. The fourth-order valence-corrected chi connectivity index (χ4v) is 2.03. The number of hydrogen-bond acceptors (Lipinski definition) is 3. The quantitative estimate of drug-likeness (QED) is 0.815. The molecule has 3 heteroatoms. The predicted octanol–water partition coefficient (Wildman–Crippen LogP) is 4.60. The molecule has 2 aromatic carbocycles. The molecule has 0 aromatic heterocycles. The highest BCUT2D eigenvalue weighted by atomic mass is 16.5. The molecule has 0 fully saturated rings. The molecule has 1 atom stereocenters. The van der Waals surface area contributed by atoms with Crippen molar-refractivity contribution in [2.45, 2.75) is 26.8 Å². The van der Waals surface area contributed by atoms with E-state index in [2.05, 4.69) is 26.1 Å². The van der Waals surface area contributed by atoms with E-state index in [4.69, 9.17) is 4.74 Å². The maximum Gasteiger partial charge on any atom is 0.121 e. The fraction of sp³-hybridized carbons (Fsp3) is 0.333. The highest BCUT2D eigenvalue weighted by molar-refractivity contribution is 5.50. The lowest BCUT2D eigenvalue weighted by Crippen LogP contribution is -2.07. The Bertz CT molecular complexity index is 564.